The number of nitrogens with zero attached hydrogens (tertiary/aromatic N) is 2. The van der Waals surface area contributed by atoms with Crippen molar-refractivity contribution in [2.45, 2.75) is 17.9 Å². The monoisotopic (exact) mass is 422 g/mol. The third kappa shape index (κ3) is 6.12. The van der Waals surface area contributed by atoms with Crippen LogP contribution >= 0.6 is 23.4 Å². The molecule has 1 heterocycles. The lowest BCUT2D eigenvalue weighted by Crippen LogP contribution is -2.49. The molecule has 0 amide bonds. The molecule has 2 aromatic carbocycles. The van der Waals surface area contributed by atoms with Crippen LogP contribution in [0.25, 0.3) is 0 Å². The zero-order valence-electron chi connectivity index (χ0n) is 15.8. The fraction of sp³-hybridized carbons (Fsp3) is 0.381. The lowest BCUT2D eigenvalue weighted by atomic mass is 10.2. The van der Waals surface area contributed by atoms with E-state index in [1.807, 2.05) is 24.3 Å². The summed E-state index contributed by atoms with van der Waals surface area (Å²) in [5.74, 6) is 0.104. The zero-order chi connectivity index (χ0) is 19.9. The summed E-state index contributed by atoms with van der Waals surface area (Å²) in [6.07, 6.45) is -0.209. The van der Waals surface area contributed by atoms with E-state index in [4.69, 9.17) is 16.3 Å². The van der Waals surface area contributed by atoms with Crippen LogP contribution in [0.1, 0.15) is 6.92 Å². The molecule has 1 fully saturated rings. The van der Waals surface area contributed by atoms with Gasteiger partial charge in [-0.2, -0.15) is 0 Å². The van der Waals surface area contributed by atoms with Crippen molar-refractivity contribution in [2.24, 2.45) is 0 Å². The number of halogens is 2. The van der Waals surface area contributed by atoms with Gasteiger partial charge in [0.2, 0.25) is 0 Å². The number of benzene rings is 2. The number of hydrogen-bond donors (Lipinski definition) is 0. The van der Waals surface area contributed by atoms with Gasteiger partial charge in [0.1, 0.15) is 11.9 Å². The Morgan fingerprint density at radius 2 is 1.82 bits per heavy atom. The van der Waals surface area contributed by atoms with Gasteiger partial charge in [-0.25, -0.2) is 4.39 Å². The first kappa shape index (κ1) is 21.0. The minimum absolute atomic E-state index is 0.209. The molecule has 3 rings (SSSR count). The molecular formula is C21H24ClFN2O2S. The molecule has 1 unspecified atom stereocenters. The van der Waals surface area contributed by atoms with Crippen LogP contribution in [0.3, 0.4) is 0 Å². The van der Waals surface area contributed by atoms with E-state index in [9.17, 15) is 9.18 Å². The van der Waals surface area contributed by atoms with Crippen molar-refractivity contribution in [3.8, 4) is 0 Å². The third-order valence-electron chi connectivity index (χ3n) is 4.61. The summed E-state index contributed by atoms with van der Waals surface area (Å²) in [7, 11) is 0. The van der Waals surface area contributed by atoms with Gasteiger partial charge in [-0.3, -0.25) is 9.69 Å². The van der Waals surface area contributed by atoms with Gasteiger partial charge in [0, 0.05) is 50.3 Å². The Morgan fingerprint density at radius 3 is 2.46 bits per heavy atom. The highest BCUT2D eigenvalue weighted by Gasteiger charge is 2.23. The molecule has 7 heteroatoms. The van der Waals surface area contributed by atoms with Crippen molar-refractivity contribution in [1.82, 2.24) is 4.90 Å². The lowest BCUT2D eigenvalue weighted by molar-refractivity contribution is -0.146. The highest BCUT2D eigenvalue weighted by atomic mass is 35.5. The number of piperazine rings is 1. The van der Waals surface area contributed by atoms with Crippen LogP contribution in [-0.4, -0.2) is 55.4 Å². The van der Waals surface area contributed by atoms with Crippen molar-refractivity contribution in [1.29, 1.82) is 0 Å². The number of esters is 1. The molecule has 2 aromatic rings. The van der Waals surface area contributed by atoms with Gasteiger partial charge < -0.3 is 9.64 Å². The van der Waals surface area contributed by atoms with Crippen molar-refractivity contribution in [3.05, 3.63) is 59.4 Å². The van der Waals surface area contributed by atoms with E-state index in [1.165, 1.54) is 19.1 Å². The Balaban J connectivity index is 1.52. The Bertz CT molecular complexity index is 782. The SMILES string of the molecule is CC(=O)OC(CSc1ccc(F)cc1)CN1CCN(c2ccccc2Cl)CC1. The molecule has 0 radical (unpaired) electrons. The second-order valence-corrected chi connectivity index (χ2v) is 8.24. The van der Waals surface area contributed by atoms with Crippen molar-refractivity contribution < 1.29 is 13.9 Å². The maximum Gasteiger partial charge on any atom is 0.302 e. The number of thioether (sulfide) groups is 1. The minimum atomic E-state index is -0.278. The van der Waals surface area contributed by atoms with Gasteiger partial charge in [-0.05, 0) is 36.4 Å². The lowest BCUT2D eigenvalue weighted by Gasteiger charge is -2.37. The van der Waals surface area contributed by atoms with E-state index in [0.717, 1.165) is 41.8 Å². The fourth-order valence-corrected chi connectivity index (χ4v) is 4.38. The van der Waals surface area contributed by atoms with Crippen LogP contribution in [-0.2, 0) is 9.53 Å². The summed E-state index contributed by atoms with van der Waals surface area (Å²) in [4.78, 5) is 17.1. The van der Waals surface area contributed by atoms with Crippen LogP contribution in [0.5, 0.6) is 0 Å². The van der Waals surface area contributed by atoms with Gasteiger partial charge in [-0.1, -0.05) is 23.7 Å². The number of rotatable bonds is 7. The van der Waals surface area contributed by atoms with Crippen molar-refractivity contribution in [3.63, 3.8) is 0 Å². The Morgan fingerprint density at radius 1 is 1.14 bits per heavy atom. The molecule has 1 saturated heterocycles. The van der Waals surface area contributed by atoms with Crippen molar-refractivity contribution >= 4 is 35.0 Å². The second kappa shape index (κ2) is 10.1. The van der Waals surface area contributed by atoms with E-state index in [1.54, 1.807) is 23.9 Å². The average molecular weight is 423 g/mol. The summed E-state index contributed by atoms with van der Waals surface area (Å²) in [6.45, 7) is 5.63. The highest BCUT2D eigenvalue weighted by molar-refractivity contribution is 7.99. The summed E-state index contributed by atoms with van der Waals surface area (Å²) < 4.78 is 18.6. The van der Waals surface area contributed by atoms with Crippen LogP contribution < -0.4 is 4.90 Å². The molecule has 0 bridgehead atoms. The molecule has 28 heavy (non-hydrogen) atoms. The van der Waals surface area contributed by atoms with E-state index in [2.05, 4.69) is 9.80 Å². The Labute approximate surface area is 174 Å². The van der Waals surface area contributed by atoms with Crippen LogP contribution in [0.4, 0.5) is 10.1 Å². The first-order chi connectivity index (χ1) is 13.5. The zero-order valence-corrected chi connectivity index (χ0v) is 17.4. The smallest absolute Gasteiger partial charge is 0.302 e. The Kier molecular flexibility index (Phi) is 7.59. The molecule has 1 aliphatic rings. The van der Waals surface area contributed by atoms with Gasteiger partial charge >= 0.3 is 5.97 Å². The summed E-state index contributed by atoms with van der Waals surface area (Å²) in [5, 5.41) is 0.768. The van der Waals surface area contributed by atoms with Gasteiger partial charge in [0.25, 0.3) is 0 Å². The molecular weight excluding hydrogens is 399 g/mol. The maximum absolute atomic E-state index is 13.0. The van der Waals surface area contributed by atoms with E-state index < -0.39 is 0 Å². The van der Waals surface area contributed by atoms with Crippen molar-refractivity contribution in [2.75, 3.05) is 43.4 Å². The quantitative estimate of drug-likeness (QED) is 0.490. The number of carbonyl (C=O) groups excluding carboxylic acids is 1. The number of ether oxygens (including phenoxy) is 1. The fourth-order valence-electron chi connectivity index (χ4n) is 3.25. The second-order valence-electron chi connectivity index (χ2n) is 6.74. The first-order valence-corrected chi connectivity index (χ1v) is 10.6. The molecule has 0 aromatic heterocycles. The average Bonchev–Trinajstić information content (AvgIpc) is 2.68. The highest BCUT2D eigenvalue weighted by Crippen LogP contribution is 2.26. The standard InChI is InChI=1S/C21H24ClFN2O2S/c1-16(26)27-18(15-28-19-8-6-17(23)7-9-19)14-24-10-12-25(13-11-24)21-5-3-2-4-20(21)22/h2-9,18H,10-15H2,1H3. The van der Waals surface area contributed by atoms with Crippen LogP contribution in [0.2, 0.25) is 5.02 Å². The topological polar surface area (TPSA) is 32.8 Å². The van der Waals surface area contributed by atoms with Crippen LogP contribution in [0, 0.1) is 5.82 Å². The normalized spacial score (nSPS) is 16.0. The van der Waals surface area contributed by atoms with Gasteiger partial charge in [0.05, 0.1) is 10.7 Å². The number of para-hydroxylation sites is 1. The predicted molar refractivity (Wildman–Crippen MR) is 113 cm³/mol. The number of anilines is 1. The van der Waals surface area contributed by atoms with Gasteiger partial charge in [-0.15, -0.1) is 11.8 Å². The molecule has 0 spiro atoms. The number of hydrogen-bond acceptors (Lipinski definition) is 5. The number of carbonyl (C=O) groups is 1. The molecule has 1 aliphatic heterocycles. The largest absolute Gasteiger partial charge is 0.460 e. The summed E-state index contributed by atoms with van der Waals surface area (Å²) in [5.41, 5.74) is 1.06. The predicted octanol–water partition coefficient (Wildman–Crippen LogP) is 4.33. The molecule has 0 aliphatic carbocycles. The first-order valence-electron chi connectivity index (χ1n) is 9.28. The Hall–Kier alpha value is -1.76. The van der Waals surface area contributed by atoms with E-state index in [-0.39, 0.29) is 17.9 Å². The van der Waals surface area contributed by atoms with E-state index >= 15 is 0 Å². The third-order valence-corrected chi connectivity index (χ3v) is 6.07. The minimum Gasteiger partial charge on any atom is -0.460 e. The molecule has 4 nitrogen and oxygen atoms in total. The van der Waals surface area contributed by atoms with E-state index in [0.29, 0.717) is 12.3 Å². The molecule has 0 N–H and O–H groups in total. The van der Waals surface area contributed by atoms with Crippen LogP contribution in [0.15, 0.2) is 53.4 Å². The molecule has 150 valence electrons. The van der Waals surface area contributed by atoms with Gasteiger partial charge in [0.15, 0.2) is 0 Å². The summed E-state index contributed by atoms with van der Waals surface area (Å²) >= 11 is 7.87. The molecule has 0 saturated carbocycles. The summed E-state index contributed by atoms with van der Waals surface area (Å²) in [6, 6.07) is 14.3. The molecule has 1 atom stereocenters. The maximum atomic E-state index is 13.0.